The Morgan fingerprint density at radius 3 is 2.32 bits per heavy atom. The van der Waals surface area contributed by atoms with E-state index >= 15 is 0 Å². The smallest absolute Gasteiger partial charge is 0.307 e. The van der Waals surface area contributed by atoms with Crippen molar-refractivity contribution in [2.45, 2.75) is 18.9 Å². The Labute approximate surface area is 112 Å². The van der Waals surface area contributed by atoms with Gasteiger partial charge >= 0.3 is 11.9 Å². The Bertz CT molecular complexity index is 405. The van der Waals surface area contributed by atoms with E-state index in [0.29, 0.717) is 6.54 Å². The van der Waals surface area contributed by atoms with Crippen LogP contribution in [0.15, 0.2) is 30.3 Å². The van der Waals surface area contributed by atoms with E-state index in [1.807, 2.05) is 30.3 Å². The lowest BCUT2D eigenvalue weighted by atomic mass is 10.0. The van der Waals surface area contributed by atoms with Crippen LogP contribution in [0.4, 0.5) is 0 Å². The number of carbonyl (C=O) groups is 2. The molecule has 19 heavy (non-hydrogen) atoms. The first-order valence-electron chi connectivity index (χ1n) is 6.09. The minimum atomic E-state index is -0.292. The molecule has 0 unspecified atom stereocenters. The van der Waals surface area contributed by atoms with Gasteiger partial charge in [-0.3, -0.25) is 9.59 Å². The minimum Gasteiger partial charge on any atom is -0.469 e. The number of benzene rings is 1. The molecule has 1 aromatic rings. The fourth-order valence-electron chi connectivity index (χ4n) is 1.69. The van der Waals surface area contributed by atoms with E-state index in [1.165, 1.54) is 14.2 Å². The van der Waals surface area contributed by atoms with E-state index in [4.69, 9.17) is 0 Å². The van der Waals surface area contributed by atoms with Crippen LogP contribution in [0.1, 0.15) is 24.4 Å². The lowest BCUT2D eigenvalue weighted by Gasteiger charge is -2.17. The van der Waals surface area contributed by atoms with E-state index in [1.54, 1.807) is 0 Å². The van der Waals surface area contributed by atoms with Crippen molar-refractivity contribution in [1.29, 1.82) is 0 Å². The Hall–Kier alpha value is -1.88. The Kier molecular flexibility index (Phi) is 6.60. The van der Waals surface area contributed by atoms with Gasteiger partial charge in [-0.05, 0) is 5.56 Å². The molecule has 1 aromatic carbocycles. The summed E-state index contributed by atoms with van der Waals surface area (Å²) in [6, 6.07) is 9.41. The monoisotopic (exact) mass is 265 g/mol. The summed E-state index contributed by atoms with van der Waals surface area (Å²) in [7, 11) is 2.71. The van der Waals surface area contributed by atoms with E-state index < -0.39 is 0 Å². The molecule has 1 atom stereocenters. The standard InChI is InChI=1S/C14H19NO4/c1-18-13(16)8-9-15-12(10-14(17)19-2)11-6-4-3-5-7-11/h3-7,12,15H,8-10H2,1-2H3/t12-/m0/s1. The van der Waals surface area contributed by atoms with Crippen LogP contribution in [0.5, 0.6) is 0 Å². The van der Waals surface area contributed by atoms with Crippen molar-refractivity contribution < 1.29 is 19.1 Å². The van der Waals surface area contributed by atoms with Crippen LogP contribution in [0.2, 0.25) is 0 Å². The van der Waals surface area contributed by atoms with Gasteiger partial charge in [0.2, 0.25) is 0 Å². The second-order valence-corrected chi connectivity index (χ2v) is 4.02. The Balaban J connectivity index is 2.60. The summed E-state index contributed by atoms with van der Waals surface area (Å²) < 4.78 is 9.25. The number of nitrogens with one attached hydrogen (secondary N) is 1. The van der Waals surface area contributed by atoms with Crippen LogP contribution in [-0.4, -0.2) is 32.7 Å². The normalized spacial score (nSPS) is 11.7. The molecular formula is C14H19NO4. The maximum absolute atomic E-state index is 11.4. The van der Waals surface area contributed by atoms with Crippen molar-refractivity contribution in [2.75, 3.05) is 20.8 Å². The fraction of sp³-hybridized carbons (Fsp3) is 0.429. The zero-order valence-electron chi connectivity index (χ0n) is 11.2. The van der Waals surface area contributed by atoms with E-state index in [0.717, 1.165) is 5.56 Å². The number of rotatable bonds is 7. The molecule has 0 saturated heterocycles. The molecule has 0 radical (unpaired) electrons. The molecular weight excluding hydrogens is 246 g/mol. The summed E-state index contributed by atoms with van der Waals surface area (Å²) in [4.78, 5) is 22.4. The van der Waals surface area contributed by atoms with Crippen molar-refractivity contribution in [1.82, 2.24) is 5.32 Å². The van der Waals surface area contributed by atoms with Gasteiger partial charge in [0.15, 0.2) is 0 Å². The van der Waals surface area contributed by atoms with Crippen molar-refractivity contribution in [2.24, 2.45) is 0 Å². The maximum Gasteiger partial charge on any atom is 0.307 e. The first-order valence-corrected chi connectivity index (χ1v) is 6.09. The van der Waals surface area contributed by atoms with Crippen molar-refractivity contribution in [3.05, 3.63) is 35.9 Å². The summed E-state index contributed by atoms with van der Waals surface area (Å²) in [6.45, 7) is 0.448. The molecule has 0 heterocycles. The van der Waals surface area contributed by atoms with Crippen molar-refractivity contribution >= 4 is 11.9 Å². The lowest BCUT2D eigenvalue weighted by Crippen LogP contribution is -2.27. The predicted octanol–water partition coefficient (Wildman–Crippen LogP) is 1.44. The van der Waals surface area contributed by atoms with Crippen molar-refractivity contribution in [3.63, 3.8) is 0 Å². The van der Waals surface area contributed by atoms with E-state index in [2.05, 4.69) is 14.8 Å². The van der Waals surface area contributed by atoms with Gasteiger partial charge in [0.05, 0.1) is 27.1 Å². The Morgan fingerprint density at radius 1 is 1.11 bits per heavy atom. The largest absolute Gasteiger partial charge is 0.469 e. The van der Waals surface area contributed by atoms with Gasteiger partial charge in [-0.1, -0.05) is 30.3 Å². The fourth-order valence-corrected chi connectivity index (χ4v) is 1.69. The van der Waals surface area contributed by atoms with E-state index in [-0.39, 0.29) is 30.8 Å². The van der Waals surface area contributed by atoms with Crippen molar-refractivity contribution in [3.8, 4) is 0 Å². The van der Waals surface area contributed by atoms with Gasteiger partial charge in [0.1, 0.15) is 0 Å². The maximum atomic E-state index is 11.4. The van der Waals surface area contributed by atoms with Crippen LogP contribution in [0, 0.1) is 0 Å². The third kappa shape index (κ3) is 5.52. The number of esters is 2. The molecule has 0 aliphatic rings. The summed E-state index contributed by atoms with van der Waals surface area (Å²) >= 11 is 0. The summed E-state index contributed by atoms with van der Waals surface area (Å²) in [5.74, 6) is -0.572. The molecule has 0 saturated carbocycles. The second-order valence-electron chi connectivity index (χ2n) is 4.02. The number of ether oxygens (including phenoxy) is 2. The molecule has 104 valence electrons. The minimum absolute atomic E-state index is 0.168. The molecule has 0 bridgehead atoms. The summed E-state index contributed by atoms with van der Waals surface area (Å²) in [5, 5.41) is 3.16. The molecule has 0 aliphatic heterocycles. The lowest BCUT2D eigenvalue weighted by molar-refractivity contribution is -0.141. The molecule has 1 N–H and O–H groups in total. The SMILES string of the molecule is COC(=O)CCN[C@@H](CC(=O)OC)c1ccccc1. The van der Waals surface area contributed by atoms with Gasteiger partial charge in [0.25, 0.3) is 0 Å². The zero-order valence-corrected chi connectivity index (χ0v) is 11.2. The summed E-state index contributed by atoms with van der Waals surface area (Å²) in [5.41, 5.74) is 0.984. The highest BCUT2D eigenvalue weighted by molar-refractivity contribution is 5.70. The highest BCUT2D eigenvalue weighted by Gasteiger charge is 2.16. The van der Waals surface area contributed by atoms with Gasteiger partial charge in [-0.25, -0.2) is 0 Å². The number of carbonyl (C=O) groups excluding carboxylic acids is 2. The molecule has 0 fully saturated rings. The van der Waals surface area contributed by atoms with Crippen LogP contribution >= 0.6 is 0 Å². The first-order chi connectivity index (χ1) is 9.17. The number of methoxy groups -OCH3 is 2. The van der Waals surface area contributed by atoms with Gasteiger partial charge in [-0.2, -0.15) is 0 Å². The van der Waals surface area contributed by atoms with Gasteiger partial charge in [0, 0.05) is 12.6 Å². The molecule has 0 aromatic heterocycles. The van der Waals surface area contributed by atoms with Crippen LogP contribution in [0.3, 0.4) is 0 Å². The highest BCUT2D eigenvalue weighted by atomic mass is 16.5. The van der Waals surface area contributed by atoms with Crippen LogP contribution in [0.25, 0.3) is 0 Å². The van der Waals surface area contributed by atoms with E-state index in [9.17, 15) is 9.59 Å². The third-order valence-electron chi connectivity index (χ3n) is 2.75. The highest BCUT2D eigenvalue weighted by Crippen LogP contribution is 2.16. The Morgan fingerprint density at radius 2 is 1.74 bits per heavy atom. The topological polar surface area (TPSA) is 64.6 Å². The van der Waals surface area contributed by atoms with Crippen LogP contribution in [-0.2, 0) is 19.1 Å². The quantitative estimate of drug-likeness (QED) is 0.756. The van der Waals surface area contributed by atoms with Gasteiger partial charge < -0.3 is 14.8 Å². The van der Waals surface area contributed by atoms with Gasteiger partial charge in [-0.15, -0.1) is 0 Å². The van der Waals surface area contributed by atoms with Crippen LogP contribution < -0.4 is 5.32 Å². The second kappa shape index (κ2) is 8.26. The molecule has 1 rings (SSSR count). The first kappa shape index (κ1) is 15.2. The number of hydrogen-bond acceptors (Lipinski definition) is 5. The third-order valence-corrected chi connectivity index (χ3v) is 2.75. The molecule has 0 spiro atoms. The predicted molar refractivity (Wildman–Crippen MR) is 70.5 cm³/mol. The molecule has 5 heteroatoms. The molecule has 0 aliphatic carbocycles. The average molecular weight is 265 g/mol. The average Bonchev–Trinajstić information content (AvgIpc) is 2.46. The number of hydrogen-bond donors (Lipinski definition) is 1. The molecule has 0 amide bonds. The molecule has 5 nitrogen and oxygen atoms in total. The summed E-state index contributed by atoms with van der Waals surface area (Å²) in [6.07, 6.45) is 0.489. The zero-order chi connectivity index (χ0) is 14.1.